The Hall–Kier alpha value is -1.20. The first-order chi connectivity index (χ1) is 9.08. The van der Waals surface area contributed by atoms with Gasteiger partial charge in [-0.25, -0.2) is 4.98 Å². The molecule has 4 nitrogen and oxygen atoms in total. The van der Waals surface area contributed by atoms with Crippen LogP contribution in [0.4, 0.5) is 5.82 Å². The molecule has 2 heterocycles. The second-order valence-corrected chi connectivity index (χ2v) is 5.60. The van der Waals surface area contributed by atoms with Crippen molar-refractivity contribution < 1.29 is 0 Å². The molecule has 0 radical (unpaired) electrons. The topological polar surface area (TPSA) is 45.4 Å². The van der Waals surface area contributed by atoms with Crippen LogP contribution in [0.25, 0.3) is 0 Å². The molecule has 19 heavy (non-hydrogen) atoms. The number of hydrogen-bond acceptors (Lipinski definition) is 4. The monoisotopic (exact) mass is 278 g/mol. The van der Waals surface area contributed by atoms with Crippen LogP contribution in [0.5, 0.6) is 0 Å². The van der Waals surface area contributed by atoms with Gasteiger partial charge in [-0.05, 0) is 45.0 Å². The van der Waals surface area contributed by atoms with Crippen LogP contribution in [-0.2, 0) is 0 Å². The predicted octanol–water partition coefficient (Wildman–Crippen LogP) is 1.56. The van der Waals surface area contributed by atoms with E-state index in [0.29, 0.717) is 4.99 Å². The van der Waals surface area contributed by atoms with Crippen molar-refractivity contribution in [3.8, 4) is 0 Å². The van der Waals surface area contributed by atoms with Crippen LogP contribution in [-0.4, -0.2) is 48.1 Å². The van der Waals surface area contributed by atoms with Crippen molar-refractivity contribution in [3.63, 3.8) is 0 Å². The highest BCUT2D eigenvalue weighted by Crippen LogP contribution is 2.17. The van der Waals surface area contributed by atoms with Crippen molar-refractivity contribution in [1.29, 1.82) is 0 Å². The van der Waals surface area contributed by atoms with Crippen molar-refractivity contribution in [3.05, 3.63) is 23.4 Å². The quantitative estimate of drug-likeness (QED) is 0.828. The lowest BCUT2D eigenvalue weighted by Gasteiger charge is -2.24. The Labute approximate surface area is 120 Å². The molecule has 104 valence electrons. The molecular formula is C14H22N4S. The molecule has 0 bridgehead atoms. The Bertz CT molecular complexity index is 455. The van der Waals surface area contributed by atoms with Crippen molar-refractivity contribution >= 4 is 23.0 Å². The molecule has 0 saturated carbocycles. The molecule has 2 N–H and O–H groups in total. The molecule has 0 aromatic carbocycles. The molecule has 1 aliphatic heterocycles. The maximum Gasteiger partial charge on any atom is 0.138 e. The average Bonchev–Trinajstić information content (AvgIpc) is 2.88. The van der Waals surface area contributed by atoms with Gasteiger partial charge in [0, 0.05) is 25.8 Å². The Morgan fingerprint density at radius 2 is 2.11 bits per heavy atom. The number of anilines is 1. The molecule has 0 atom stereocenters. The Morgan fingerprint density at radius 3 is 2.74 bits per heavy atom. The van der Waals surface area contributed by atoms with E-state index in [-0.39, 0.29) is 0 Å². The summed E-state index contributed by atoms with van der Waals surface area (Å²) in [5, 5.41) is 0. The molecule has 0 aliphatic carbocycles. The number of likely N-dealkylation sites (tertiary alicyclic amines) is 1. The first-order valence-electron chi connectivity index (χ1n) is 6.79. The van der Waals surface area contributed by atoms with Crippen LogP contribution < -0.4 is 10.6 Å². The zero-order valence-corrected chi connectivity index (χ0v) is 12.5. The summed E-state index contributed by atoms with van der Waals surface area (Å²) in [6, 6.07) is 3.92. The fraction of sp³-hybridized carbons (Fsp3) is 0.571. The highest BCUT2D eigenvalue weighted by atomic mass is 32.1. The number of rotatable bonds is 5. The van der Waals surface area contributed by atoms with E-state index in [1.165, 1.54) is 25.9 Å². The van der Waals surface area contributed by atoms with Gasteiger partial charge >= 0.3 is 0 Å². The van der Waals surface area contributed by atoms with Gasteiger partial charge in [0.05, 0.1) is 5.56 Å². The number of aryl methyl sites for hydroxylation is 1. The third-order valence-corrected chi connectivity index (χ3v) is 3.81. The molecular weight excluding hydrogens is 256 g/mol. The van der Waals surface area contributed by atoms with Crippen molar-refractivity contribution in [2.45, 2.75) is 19.8 Å². The van der Waals surface area contributed by atoms with Crippen LogP contribution in [0.2, 0.25) is 0 Å². The molecule has 2 rings (SSSR count). The van der Waals surface area contributed by atoms with Crippen molar-refractivity contribution in [2.75, 3.05) is 38.1 Å². The molecule has 0 unspecified atom stereocenters. The van der Waals surface area contributed by atoms with Gasteiger partial charge in [0.15, 0.2) is 0 Å². The van der Waals surface area contributed by atoms with Crippen molar-refractivity contribution in [1.82, 2.24) is 9.88 Å². The second-order valence-electron chi connectivity index (χ2n) is 5.16. The first-order valence-corrected chi connectivity index (χ1v) is 7.19. The van der Waals surface area contributed by atoms with Gasteiger partial charge in [-0.2, -0.15) is 0 Å². The minimum Gasteiger partial charge on any atom is -0.389 e. The molecule has 1 fully saturated rings. The summed E-state index contributed by atoms with van der Waals surface area (Å²) < 4.78 is 0. The lowest BCUT2D eigenvalue weighted by molar-refractivity contribution is 0.346. The minimum atomic E-state index is 0.413. The smallest absolute Gasteiger partial charge is 0.138 e. The standard InChI is InChI=1S/C14H22N4S/c1-11-5-6-12(13(15)19)14(16-11)17(2)9-10-18-7-3-4-8-18/h5-6H,3-4,7-10H2,1-2H3,(H2,15,19). The molecule has 0 amide bonds. The summed E-state index contributed by atoms with van der Waals surface area (Å²) in [5.41, 5.74) is 7.63. The Kier molecular flexibility index (Phi) is 4.71. The van der Waals surface area contributed by atoms with Crippen molar-refractivity contribution in [2.24, 2.45) is 5.73 Å². The fourth-order valence-electron chi connectivity index (χ4n) is 2.43. The summed E-state index contributed by atoms with van der Waals surface area (Å²) in [4.78, 5) is 9.64. The molecule has 1 aromatic heterocycles. The maximum atomic E-state index is 5.78. The van der Waals surface area contributed by atoms with Crippen LogP contribution >= 0.6 is 12.2 Å². The lowest BCUT2D eigenvalue weighted by atomic mass is 10.2. The number of thiocarbonyl (C=S) groups is 1. The second kappa shape index (κ2) is 6.30. The fourth-order valence-corrected chi connectivity index (χ4v) is 2.59. The highest BCUT2D eigenvalue weighted by molar-refractivity contribution is 7.80. The SMILES string of the molecule is Cc1ccc(C(N)=S)c(N(C)CCN2CCCC2)n1. The highest BCUT2D eigenvalue weighted by Gasteiger charge is 2.15. The number of aromatic nitrogens is 1. The van der Waals surface area contributed by atoms with E-state index in [2.05, 4.69) is 21.8 Å². The van der Waals surface area contributed by atoms with Gasteiger partial charge < -0.3 is 15.5 Å². The predicted molar refractivity (Wildman–Crippen MR) is 83.8 cm³/mol. The van der Waals surface area contributed by atoms with Gasteiger partial charge in [0.1, 0.15) is 10.8 Å². The zero-order valence-electron chi connectivity index (χ0n) is 11.7. The third-order valence-electron chi connectivity index (χ3n) is 3.59. The number of pyridine rings is 1. The van der Waals surface area contributed by atoms with Crippen LogP contribution in [0.1, 0.15) is 24.1 Å². The van der Waals surface area contributed by atoms with E-state index in [1.54, 1.807) is 0 Å². The van der Waals surface area contributed by atoms with E-state index in [4.69, 9.17) is 18.0 Å². The van der Waals surface area contributed by atoms with E-state index in [1.807, 2.05) is 19.1 Å². The first kappa shape index (κ1) is 14.2. The largest absolute Gasteiger partial charge is 0.389 e. The van der Waals surface area contributed by atoms with E-state index in [9.17, 15) is 0 Å². The van der Waals surface area contributed by atoms with Gasteiger partial charge in [-0.1, -0.05) is 12.2 Å². The third kappa shape index (κ3) is 3.64. The summed E-state index contributed by atoms with van der Waals surface area (Å²) in [6.07, 6.45) is 2.65. The summed E-state index contributed by atoms with van der Waals surface area (Å²) in [7, 11) is 2.06. The van der Waals surface area contributed by atoms with Gasteiger partial charge in [0.25, 0.3) is 0 Å². The minimum absolute atomic E-state index is 0.413. The number of nitrogens with two attached hydrogens (primary N) is 1. The van der Waals surface area contributed by atoms with Gasteiger partial charge in [-0.15, -0.1) is 0 Å². The Morgan fingerprint density at radius 1 is 1.42 bits per heavy atom. The summed E-state index contributed by atoms with van der Waals surface area (Å²) in [5.74, 6) is 0.895. The normalized spacial score (nSPS) is 15.7. The van der Waals surface area contributed by atoms with Gasteiger partial charge in [-0.3, -0.25) is 0 Å². The average molecular weight is 278 g/mol. The maximum absolute atomic E-state index is 5.78. The molecule has 0 spiro atoms. The summed E-state index contributed by atoms with van der Waals surface area (Å²) >= 11 is 5.10. The number of nitrogens with zero attached hydrogens (tertiary/aromatic N) is 3. The van der Waals surface area contributed by atoms with Crippen LogP contribution in [0.15, 0.2) is 12.1 Å². The van der Waals surface area contributed by atoms with Crippen LogP contribution in [0, 0.1) is 6.92 Å². The lowest BCUT2D eigenvalue weighted by Crippen LogP contribution is -2.33. The summed E-state index contributed by atoms with van der Waals surface area (Å²) in [6.45, 7) is 6.45. The molecule has 1 aromatic rings. The number of hydrogen-bond donors (Lipinski definition) is 1. The molecule has 1 aliphatic rings. The van der Waals surface area contributed by atoms with Gasteiger partial charge in [0.2, 0.25) is 0 Å². The van der Waals surface area contributed by atoms with E-state index >= 15 is 0 Å². The molecule has 5 heteroatoms. The zero-order chi connectivity index (χ0) is 13.8. The Balaban J connectivity index is 2.06. The van der Waals surface area contributed by atoms with Crippen LogP contribution in [0.3, 0.4) is 0 Å². The van der Waals surface area contributed by atoms with E-state index < -0.39 is 0 Å². The molecule has 1 saturated heterocycles. The van der Waals surface area contributed by atoms with E-state index in [0.717, 1.165) is 30.2 Å². The number of likely N-dealkylation sites (N-methyl/N-ethyl adjacent to an activating group) is 1.